The van der Waals surface area contributed by atoms with E-state index < -0.39 is 16.7 Å². The molecule has 0 bridgehead atoms. The molecule has 0 unspecified atom stereocenters. The smallest absolute Gasteiger partial charge is 0.416 e. The van der Waals surface area contributed by atoms with Gasteiger partial charge in [0.15, 0.2) is 0 Å². The van der Waals surface area contributed by atoms with E-state index in [4.69, 9.17) is 21.1 Å². The minimum absolute atomic E-state index is 0.0111. The van der Waals surface area contributed by atoms with Gasteiger partial charge in [0.25, 0.3) is 0 Å². The molecule has 29 heavy (non-hydrogen) atoms. The van der Waals surface area contributed by atoms with Gasteiger partial charge in [0.05, 0.1) is 28.4 Å². The van der Waals surface area contributed by atoms with Crippen LogP contribution < -0.4 is 9.47 Å². The average Bonchev–Trinajstić information content (AvgIpc) is 3.23. The third-order valence-electron chi connectivity index (χ3n) is 3.32. The summed E-state index contributed by atoms with van der Waals surface area (Å²) in [6.45, 7) is 1.86. The van der Waals surface area contributed by atoms with Gasteiger partial charge in [0.1, 0.15) is 11.5 Å². The van der Waals surface area contributed by atoms with Crippen LogP contribution in [-0.2, 0) is 6.18 Å². The highest BCUT2D eigenvalue weighted by atomic mass is 35.5. The number of hydrogen-bond acceptors (Lipinski definition) is 5. The van der Waals surface area contributed by atoms with Crippen molar-refractivity contribution in [1.82, 2.24) is 9.97 Å². The standard InChI is InChI=1S/C15H11ClF3NO4.C3H4N2/c1-2-23-14-8-10(4-5-12(14)20(21)22)24-13-6-3-9(7-11(13)16)15(17,18)19;1-2-5-3-4-1/h3-8H,2H2,1H3;1-3H,(H,4,5). The summed E-state index contributed by atoms with van der Waals surface area (Å²) in [5.74, 6) is 0.120. The molecule has 7 nitrogen and oxygen atoms in total. The number of benzene rings is 2. The van der Waals surface area contributed by atoms with E-state index in [2.05, 4.69) is 9.97 Å². The summed E-state index contributed by atoms with van der Waals surface area (Å²) in [4.78, 5) is 16.7. The maximum absolute atomic E-state index is 12.6. The van der Waals surface area contributed by atoms with Crippen LogP contribution in [0.1, 0.15) is 12.5 Å². The van der Waals surface area contributed by atoms with E-state index in [0.717, 1.165) is 18.2 Å². The molecule has 11 heteroatoms. The molecule has 0 radical (unpaired) electrons. The van der Waals surface area contributed by atoms with Crippen molar-refractivity contribution in [3.05, 3.63) is 75.8 Å². The quantitative estimate of drug-likeness (QED) is 0.404. The van der Waals surface area contributed by atoms with Crippen LogP contribution in [-0.4, -0.2) is 21.5 Å². The van der Waals surface area contributed by atoms with Gasteiger partial charge in [-0.1, -0.05) is 11.6 Å². The van der Waals surface area contributed by atoms with Crippen LogP contribution in [0.2, 0.25) is 5.02 Å². The highest BCUT2D eigenvalue weighted by Gasteiger charge is 2.31. The van der Waals surface area contributed by atoms with Crippen LogP contribution in [0.3, 0.4) is 0 Å². The Morgan fingerprint density at radius 3 is 2.45 bits per heavy atom. The largest absolute Gasteiger partial charge is 0.487 e. The number of halogens is 4. The minimum Gasteiger partial charge on any atom is -0.487 e. The molecule has 154 valence electrons. The van der Waals surface area contributed by atoms with Crippen molar-refractivity contribution in [1.29, 1.82) is 0 Å². The maximum atomic E-state index is 12.6. The van der Waals surface area contributed by atoms with E-state index in [1.165, 1.54) is 18.2 Å². The first-order chi connectivity index (χ1) is 13.7. The van der Waals surface area contributed by atoms with E-state index in [0.29, 0.717) is 0 Å². The number of nitrogens with one attached hydrogen (secondary N) is 1. The predicted octanol–water partition coefficient (Wildman–Crippen LogP) is 5.87. The third-order valence-corrected chi connectivity index (χ3v) is 3.62. The van der Waals surface area contributed by atoms with Gasteiger partial charge >= 0.3 is 11.9 Å². The zero-order chi connectivity index (χ0) is 21.4. The third kappa shape index (κ3) is 6.39. The molecule has 0 saturated heterocycles. The molecule has 1 heterocycles. The van der Waals surface area contributed by atoms with Gasteiger partial charge in [-0.05, 0) is 31.2 Å². The Kier molecular flexibility index (Phi) is 7.43. The molecule has 3 aromatic rings. The van der Waals surface area contributed by atoms with Gasteiger partial charge in [-0.15, -0.1) is 0 Å². The monoisotopic (exact) mass is 429 g/mol. The average molecular weight is 430 g/mol. The fourth-order valence-electron chi connectivity index (χ4n) is 2.08. The van der Waals surface area contributed by atoms with Gasteiger partial charge < -0.3 is 14.5 Å². The molecule has 0 aliphatic rings. The molecule has 0 saturated carbocycles. The molecule has 1 N–H and O–H groups in total. The van der Waals surface area contributed by atoms with Crippen LogP contribution in [0.25, 0.3) is 0 Å². The van der Waals surface area contributed by atoms with Gasteiger partial charge in [0, 0.05) is 24.5 Å². The van der Waals surface area contributed by atoms with Crippen molar-refractivity contribution in [3.63, 3.8) is 0 Å². The van der Waals surface area contributed by atoms with Crippen molar-refractivity contribution < 1.29 is 27.6 Å². The second kappa shape index (κ2) is 9.78. The highest BCUT2D eigenvalue weighted by Crippen LogP contribution is 2.38. The van der Waals surface area contributed by atoms with Gasteiger partial charge in [-0.2, -0.15) is 13.2 Å². The zero-order valence-electron chi connectivity index (χ0n) is 14.9. The zero-order valence-corrected chi connectivity index (χ0v) is 15.7. The molecule has 0 aliphatic carbocycles. The Bertz CT molecular complexity index is 933. The summed E-state index contributed by atoms with van der Waals surface area (Å²) in [6, 6.07) is 6.40. The first-order valence-electron chi connectivity index (χ1n) is 8.11. The highest BCUT2D eigenvalue weighted by molar-refractivity contribution is 6.32. The summed E-state index contributed by atoms with van der Waals surface area (Å²) in [7, 11) is 0. The molecule has 0 spiro atoms. The van der Waals surface area contributed by atoms with Crippen molar-refractivity contribution >= 4 is 17.3 Å². The van der Waals surface area contributed by atoms with E-state index in [1.807, 2.05) is 0 Å². The van der Waals surface area contributed by atoms with Crippen LogP contribution >= 0.6 is 11.6 Å². The number of alkyl halides is 3. The maximum Gasteiger partial charge on any atom is 0.416 e. The molecule has 0 aliphatic heterocycles. The first-order valence-corrected chi connectivity index (χ1v) is 8.48. The minimum atomic E-state index is -4.52. The number of H-pyrrole nitrogens is 1. The van der Waals surface area contributed by atoms with Crippen LogP contribution in [0.5, 0.6) is 17.2 Å². The number of nitrogens with zero attached hydrogens (tertiary/aromatic N) is 2. The summed E-state index contributed by atoms with van der Waals surface area (Å²) < 4.78 is 48.4. The van der Waals surface area contributed by atoms with E-state index in [1.54, 1.807) is 25.6 Å². The summed E-state index contributed by atoms with van der Waals surface area (Å²) in [5.41, 5.74) is -1.15. The van der Waals surface area contributed by atoms with Crippen LogP contribution in [0, 0.1) is 10.1 Å². The number of rotatable bonds is 5. The molecule has 0 amide bonds. The number of imidazole rings is 1. The second-order valence-electron chi connectivity index (χ2n) is 5.33. The van der Waals surface area contributed by atoms with Crippen molar-refractivity contribution in [3.8, 4) is 17.2 Å². The summed E-state index contributed by atoms with van der Waals surface area (Å²) in [6.07, 6.45) is 0.567. The second-order valence-corrected chi connectivity index (χ2v) is 5.73. The number of aromatic nitrogens is 2. The molecule has 1 aromatic heterocycles. The molecule has 0 atom stereocenters. The van der Waals surface area contributed by atoms with Crippen molar-refractivity contribution in [2.75, 3.05) is 6.61 Å². The summed E-state index contributed by atoms with van der Waals surface area (Å²) in [5, 5.41) is 10.7. The fourth-order valence-corrected chi connectivity index (χ4v) is 2.30. The fraction of sp³-hybridized carbons (Fsp3) is 0.167. The number of nitro groups is 1. The molecular formula is C18H15ClF3N3O4. The SMILES string of the molecule is CCOc1cc(Oc2ccc(C(F)(F)F)cc2Cl)ccc1[N+](=O)[O-].c1c[nH]cn1. The Balaban J connectivity index is 0.000000521. The number of hydrogen-bond donors (Lipinski definition) is 1. The Labute approximate surface area is 168 Å². The number of ether oxygens (including phenoxy) is 2. The molecule has 2 aromatic carbocycles. The topological polar surface area (TPSA) is 90.3 Å². The van der Waals surface area contributed by atoms with Crippen LogP contribution in [0.15, 0.2) is 55.1 Å². The first kappa shape index (κ1) is 22.0. The van der Waals surface area contributed by atoms with E-state index in [9.17, 15) is 23.3 Å². The van der Waals surface area contributed by atoms with Gasteiger partial charge in [0.2, 0.25) is 5.75 Å². The van der Waals surface area contributed by atoms with Crippen molar-refractivity contribution in [2.45, 2.75) is 13.1 Å². The molecule has 0 fully saturated rings. The van der Waals surface area contributed by atoms with Crippen molar-refractivity contribution in [2.24, 2.45) is 0 Å². The number of nitro benzene ring substituents is 1. The molecular weight excluding hydrogens is 415 g/mol. The van der Waals surface area contributed by atoms with E-state index in [-0.39, 0.29) is 34.6 Å². The lowest BCUT2D eigenvalue weighted by atomic mass is 10.2. The lowest BCUT2D eigenvalue weighted by Crippen LogP contribution is -2.04. The van der Waals surface area contributed by atoms with Crippen LogP contribution in [0.4, 0.5) is 18.9 Å². The lowest BCUT2D eigenvalue weighted by Gasteiger charge is -2.12. The van der Waals surface area contributed by atoms with E-state index >= 15 is 0 Å². The normalized spacial score (nSPS) is 10.7. The van der Waals surface area contributed by atoms with Gasteiger partial charge in [-0.25, -0.2) is 4.98 Å². The molecule has 3 rings (SSSR count). The van der Waals surface area contributed by atoms with Gasteiger partial charge in [-0.3, -0.25) is 10.1 Å². The summed E-state index contributed by atoms with van der Waals surface area (Å²) >= 11 is 5.80. The predicted molar refractivity (Wildman–Crippen MR) is 99.4 cm³/mol. The Hall–Kier alpha value is -3.27. The lowest BCUT2D eigenvalue weighted by molar-refractivity contribution is -0.385. The number of aromatic amines is 1. The Morgan fingerprint density at radius 1 is 1.21 bits per heavy atom. The Morgan fingerprint density at radius 2 is 1.97 bits per heavy atom.